The van der Waals surface area contributed by atoms with Crippen LogP contribution in [-0.2, 0) is 26.2 Å². The van der Waals surface area contributed by atoms with Crippen molar-refractivity contribution in [3.8, 4) is 5.75 Å². The predicted molar refractivity (Wildman–Crippen MR) is 144 cm³/mol. The van der Waals surface area contributed by atoms with Crippen molar-refractivity contribution < 1.29 is 22.7 Å². The van der Waals surface area contributed by atoms with E-state index >= 15 is 0 Å². The molecule has 0 heterocycles. The fourth-order valence-electron chi connectivity index (χ4n) is 3.43. The molecule has 0 aromatic heterocycles. The number of ether oxygens (including phenoxy) is 1. The van der Waals surface area contributed by atoms with Crippen molar-refractivity contribution in [3.05, 3.63) is 58.1 Å². The summed E-state index contributed by atoms with van der Waals surface area (Å²) in [5.41, 5.74) is 0.254. The average molecular weight is 559 g/mol. The lowest BCUT2D eigenvalue weighted by Crippen LogP contribution is -2.54. The van der Waals surface area contributed by atoms with Crippen LogP contribution in [0.5, 0.6) is 5.75 Å². The van der Waals surface area contributed by atoms with Crippen molar-refractivity contribution in [2.24, 2.45) is 0 Å². The van der Waals surface area contributed by atoms with E-state index in [1.165, 1.54) is 4.90 Å². The minimum Gasteiger partial charge on any atom is -0.492 e. The van der Waals surface area contributed by atoms with Gasteiger partial charge in [0.1, 0.15) is 18.3 Å². The van der Waals surface area contributed by atoms with Crippen molar-refractivity contribution in [3.63, 3.8) is 0 Å². The SMILES string of the molecule is CCOc1ccccc1N(CC(=O)N(Cc1ccc(Cl)cc1Cl)C(C)C(=O)NC(C)(C)C)S(C)(=O)=O. The van der Waals surface area contributed by atoms with Crippen LogP contribution < -0.4 is 14.4 Å². The lowest BCUT2D eigenvalue weighted by atomic mass is 10.1. The fourth-order valence-corrected chi connectivity index (χ4v) is 4.75. The highest BCUT2D eigenvalue weighted by Crippen LogP contribution is 2.30. The zero-order chi connectivity index (χ0) is 27.3. The van der Waals surface area contributed by atoms with E-state index in [0.717, 1.165) is 10.6 Å². The summed E-state index contributed by atoms with van der Waals surface area (Å²) in [5.74, 6) is -0.653. The molecule has 0 fully saturated rings. The van der Waals surface area contributed by atoms with Crippen LogP contribution in [0.1, 0.15) is 40.2 Å². The summed E-state index contributed by atoms with van der Waals surface area (Å²) in [7, 11) is -3.89. The van der Waals surface area contributed by atoms with E-state index in [1.807, 2.05) is 20.8 Å². The highest BCUT2D eigenvalue weighted by atomic mass is 35.5. The Morgan fingerprint density at radius 1 is 1.11 bits per heavy atom. The lowest BCUT2D eigenvalue weighted by Gasteiger charge is -2.33. The molecular formula is C25H33Cl2N3O5S. The van der Waals surface area contributed by atoms with Crippen molar-refractivity contribution >= 4 is 50.7 Å². The molecule has 0 radical (unpaired) electrons. The predicted octanol–water partition coefficient (Wildman–Crippen LogP) is 4.49. The third kappa shape index (κ3) is 8.28. The molecule has 8 nitrogen and oxygen atoms in total. The Morgan fingerprint density at radius 2 is 1.75 bits per heavy atom. The molecule has 0 saturated heterocycles. The second-order valence-electron chi connectivity index (χ2n) is 9.34. The lowest BCUT2D eigenvalue weighted by molar-refractivity contribution is -0.140. The summed E-state index contributed by atoms with van der Waals surface area (Å²) >= 11 is 12.4. The van der Waals surface area contributed by atoms with Crippen molar-refractivity contribution in [2.45, 2.75) is 52.7 Å². The quantitative estimate of drug-likeness (QED) is 0.464. The molecule has 2 aromatic rings. The zero-order valence-electron chi connectivity index (χ0n) is 21.3. The number of benzene rings is 2. The monoisotopic (exact) mass is 557 g/mol. The molecule has 198 valence electrons. The molecule has 0 aliphatic carbocycles. The van der Waals surface area contributed by atoms with E-state index in [0.29, 0.717) is 28.0 Å². The number of nitrogens with one attached hydrogen (secondary N) is 1. The average Bonchev–Trinajstić information content (AvgIpc) is 2.75. The van der Waals surface area contributed by atoms with Crippen molar-refractivity contribution in [2.75, 3.05) is 23.7 Å². The van der Waals surface area contributed by atoms with E-state index in [1.54, 1.807) is 56.3 Å². The number of carbonyl (C=O) groups is 2. The molecule has 0 bridgehead atoms. The second kappa shape index (κ2) is 12.2. The molecule has 1 N–H and O–H groups in total. The minimum absolute atomic E-state index is 0.0295. The largest absolute Gasteiger partial charge is 0.492 e. The molecule has 36 heavy (non-hydrogen) atoms. The van der Waals surface area contributed by atoms with Gasteiger partial charge in [-0.25, -0.2) is 8.42 Å². The topological polar surface area (TPSA) is 96.0 Å². The number of carbonyl (C=O) groups excluding carboxylic acids is 2. The first-order valence-corrected chi connectivity index (χ1v) is 14.0. The first-order chi connectivity index (χ1) is 16.6. The van der Waals surface area contributed by atoms with Crippen LogP contribution in [0.15, 0.2) is 42.5 Å². The van der Waals surface area contributed by atoms with Crippen LogP contribution in [0.4, 0.5) is 5.69 Å². The van der Waals surface area contributed by atoms with Gasteiger partial charge in [0.05, 0.1) is 18.6 Å². The van der Waals surface area contributed by atoms with Crippen LogP contribution in [0, 0.1) is 0 Å². The highest BCUT2D eigenvalue weighted by molar-refractivity contribution is 7.92. The molecule has 2 rings (SSSR count). The number of nitrogens with zero attached hydrogens (tertiary/aromatic N) is 2. The van der Waals surface area contributed by atoms with Gasteiger partial charge in [-0.2, -0.15) is 0 Å². The van der Waals surface area contributed by atoms with Gasteiger partial charge in [0.2, 0.25) is 21.8 Å². The Bertz CT molecular complexity index is 1200. The smallest absolute Gasteiger partial charge is 0.244 e. The summed E-state index contributed by atoms with van der Waals surface area (Å²) in [6.45, 7) is 8.59. The van der Waals surface area contributed by atoms with E-state index < -0.39 is 34.1 Å². The standard InChI is InChI=1S/C25H33Cl2N3O5S/c1-7-35-22-11-9-8-10-21(22)30(36(6,33)34)16-23(31)29(17(2)24(32)28-25(3,4)5)15-18-12-13-19(26)14-20(18)27/h8-14,17H,7,15-16H2,1-6H3,(H,28,32). The van der Waals surface area contributed by atoms with Crippen LogP contribution >= 0.6 is 23.2 Å². The van der Waals surface area contributed by atoms with E-state index in [-0.39, 0.29) is 18.1 Å². The Hall–Kier alpha value is -2.49. The zero-order valence-corrected chi connectivity index (χ0v) is 23.7. The van der Waals surface area contributed by atoms with Crippen LogP contribution in [0.3, 0.4) is 0 Å². The Kier molecular flexibility index (Phi) is 10.0. The van der Waals surface area contributed by atoms with Gasteiger partial charge in [-0.1, -0.05) is 41.4 Å². The Balaban J connectivity index is 2.49. The van der Waals surface area contributed by atoms with Crippen LogP contribution in [0.25, 0.3) is 0 Å². The molecule has 11 heteroatoms. The summed E-state index contributed by atoms with van der Waals surface area (Å²) in [4.78, 5) is 28.0. The molecule has 0 spiro atoms. The number of anilines is 1. The number of amides is 2. The van der Waals surface area contributed by atoms with E-state index in [4.69, 9.17) is 27.9 Å². The van der Waals surface area contributed by atoms with Gasteiger partial charge in [0.25, 0.3) is 0 Å². The van der Waals surface area contributed by atoms with Gasteiger partial charge < -0.3 is 15.0 Å². The maximum Gasteiger partial charge on any atom is 0.244 e. The summed E-state index contributed by atoms with van der Waals surface area (Å²) in [5, 5.41) is 3.62. The number of halogens is 2. The normalized spacial score (nSPS) is 12.6. The summed E-state index contributed by atoms with van der Waals surface area (Å²) in [6.07, 6.45) is 1.01. The van der Waals surface area contributed by atoms with Gasteiger partial charge in [-0.3, -0.25) is 13.9 Å². The second-order valence-corrected chi connectivity index (χ2v) is 12.1. The van der Waals surface area contributed by atoms with Crippen LogP contribution in [-0.4, -0.2) is 56.1 Å². The molecule has 1 atom stereocenters. The highest BCUT2D eigenvalue weighted by Gasteiger charge is 2.32. The van der Waals surface area contributed by atoms with Crippen molar-refractivity contribution in [1.82, 2.24) is 10.2 Å². The fraction of sp³-hybridized carbons (Fsp3) is 0.440. The number of rotatable bonds is 10. The maximum absolute atomic E-state index is 13.7. The Labute approximate surface area is 223 Å². The first kappa shape index (κ1) is 29.7. The summed E-state index contributed by atoms with van der Waals surface area (Å²) < 4.78 is 32.1. The van der Waals surface area contributed by atoms with E-state index in [2.05, 4.69) is 5.32 Å². The van der Waals surface area contributed by atoms with Gasteiger partial charge in [-0.15, -0.1) is 0 Å². The third-order valence-corrected chi connectivity index (χ3v) is 6.85. The number of sulfonamides is 1. The molecule has 2 amide bonds. The first-order valence-electron chi connectivity index (χ1n) is 11.4. The molecule has 1 unspecified atom stereocenters. The Morgan fingerprint density at radius 3 is 2.31 bits per heavy atom. The van der Waals surface area contributed by atoms with Crippen molar-refractivity contribution in [1.29, 1.82) is 0 Å². The van der Waals surface area contributed by atoms with Gasteiger partial charge in [0.15, 0.2) is 0 Å². The molecule has 0 saturated carbocycles. The minimum atomic E-state index is -3.89. The van der Waals surface area contributed by atoms with Gasteiger partial charge in [0, 0.05) is 22.1 Å². The number of hydrogen-bond donors (Lipinski definition) is 1. The molecule has 0 aliphatic heterocycles. The van der Waals surface area contributed by atoms with Crippen LogP contribution in [0.2, 0.25) is 10.0 Å². The number of hydrogen-bond acceptors (Lipinski definition) is 5. The van der Waals surface area contributed by atoms with Gasteiger partial charge in [-0.05, 0) is 64.4 Å². The summed E-state index contributed by atoms with van der Waals surface area (Å²) in [6, 6.07) is 10.5. The maximum atomic E-state index is 13.7. The third-order valence-electron chi connectivity index (χ3n) is 5.13. The van der Waals surface area contributed by atoms with E-state index in [9.17, 15) is 18.0 Å². The molecule has 2 aromatic carbocycles. The molecular weight excluding hydrogens is 525 g/mol. The van der Waals surface area contributed by atoms with Gasteiger partial charge >= 0.3 is 0 Å². The molecule has 0 aliphatic rings. The number of para-hydroxylation sites is 2.